The number of halogens is 2. The molecular formula is C8H7BrINO3. The maximum absolute atomic E-state index is 11.2. The number of hydrogen-bond donors (Lipinski definition) is 2. The highest BCUT2D eigenvalue weighted by Gasteiger charge is 2.17. The number of rotatable bonds is 1. The molecule has 0 aliphatic heterocycles. The second-order valence-corrected chi connectivity index (χ2v) is 4.35. The first kappa shape index (κ1) is 11.6. The molecule has 0 aliphatic rings. The lowest BCUT2D eigenvalue weighted by atomic mass is 10.2. The van der Waals surface area contributed by atoms with Gasteiger partial charge in [0.1, 0.15) is 5.75 Å². The number of phenols is 1. The summed E-state index contributed by atoms with van der Waals surface area (Å²) in [5, 5.41) is 9.45. The van der Waals surface area contributed by atoms with Crippen molar-refractivity contribution >= 4 is 50.2 Å². The maximum Gasteiger partial charge on any atom is 0.340 e. The fourth-order valence-corrected chi connectivity index (χ4v) is 1.77. The van der Waals surface area contributed by atoms with Crippen LogP contribution in [-0.4, -0.2) is 18.2 Å². The summed E-state index contributed by atoms with van der Waals surface area (Å²) in [5.74, 6) is -0.582. The van der Waals surface area contributed by atoms with E-state index < -0.39 is 5.97 Å². The van der Waals surface area contributed by atoms with Gasteiger partial charge in [0.25, 0.3) is 0 Å². The molecule has 1 rings (SSSR count). The monoisotopic (exact) mass is 371 g/mol. The highest BCUT2D eigenvalue weighted by atomic mass is 127. The van der Waals surface area contributed by atoms with Gasteiger partial charge < -0.3 is 15.6 Å². The van der Waals surface area contributed by atoms with Crippen LogP contribution >= 0.6 is 38.5 Å². The molecule has 0 aromatic heterocycles. The summed E-state index contributed by atoms with van der Waals surface area (Å²) in [6.07, 6.45) is 0. The van der Waals surface area contributed by atoms with Gasteiger partial charge in [-0.25, -0.2) is 4.79 Å². The predicted octanol–water partition coefficient (Wildman–Crippen LogP) is 2.13. The van der Waals surface area contributed by atoms with Gasteiger partial charge in [0.05, 0.1) is 26.4 Å². The lowest BCUT2D eigenvalue weighted by molar-refractivity contribution is 0.0601. The van der Waals surface area contributed by atoms with Crippen LogP contribution in [0.3, 0.4) is 0 Å². The molecule has 0 saturated heterocycles. The van der Waals surface area contributed by atoms with Crippen LogP contribution in [0, 0.1) is 3.57 Å². The molecule has 0 spiro atoms. The van der Waals surface area contributed by atoms with Crippen molar-refractivity contribution in [3.05, 3.63) is 19.7 Å². The lowest BCUT2D eigenvalue weighted by Gasteiger charge is -2.08. The van der Waals surface area contributed by atoms with Crippen LogP contribution in [0.2, 0.25) is 0 Å². The topological polar surface area (TPSA) is 72.5 Å². The van der Waals surface area contributed by atoms with E-state index in [2.05, 4.69) is 20.7 Å². The van der Waals surface area contributed by atoms with Gasteiger partial charge >= 0.3 is 5.97 Å². The first-order chi connectivity index (χ1) is 6.49. The minimum absolute atomic E-state index is 0.00734. The van der Waals surface area contributed by atoms with E-state index in [1.165, 1.54) is 13.2 Å². The standard InChI is InChI=1S/C8H7BrINO3/c1-14-8(13)3-2-4(12)6(10)5(9)7(3)11/h2,12H,11H2,1H3. The maximum atomic E-state index is 11.2. The molecule has 1 aromatic carbocycles. The van der Waals surface area contributed by atoms with E-state index in [0.717, 1.165) is 0 Å². The van der Waals surface area contributed by atoms with Crippen molar-refractivity contribution in [3.8, 4) is 5.75 Å². The molecule has 76 valence electrons. The van der Waals surface area contributed by atoms with Crippen molar-refractivity contribution in [2.45, 2.75) is 0 Å². The van der Waals surface area contributed by atoms with Gasteiger partial charge in [-0.3, -0.25) is 0 Å². The number of aromatic hydroxyl groups is 1. The molecule has 0 bridgehead atoms. The van der Waals surface area contributed by atoms with E-state index in [1.54, 1.807) is 0 Å². The highest BCUT2D eigenvalue weighted by molar-refractivity contribution is 14.1. The Bertz CT molecular complexity index is 395. The smallest absolute Gasteiger partial charge is 0.340 e. The Morgan fingerprint density at radius 3 is 2.79 bits per heavy atom. The first-order valence-electron chi connectivity index (χ1n) is 3.53. The molecule has 0 fully saturated rings. The summed E-state index contributed by atoms with van der Waals surface area (Å²) >= 11 is 5.10. The minimum Gasteiger partial charge on any atom is -0.507 e. The number of nitrogen functional groups attached to an aromatic ring is 1. The largest absolute Gasteiger partial charge is 0.507 e. The van der Waals surface area contributed by atoms with Crippen molar-refractivity contribution < 1.29 is 14.6 Å². The summed E-state index contributed by atoms with van der Waals surface area (Å²) < 4.78 is 5.57. The van der Waals surface area contributed by atoms with Gasteiger partial charge in [0.15, 0.2) is 0 Å². The zero-order valence-corrected chi connectivity index (χ0v) is 10.9. The van der Waals surface area contributed by atoms with Crippen LogP contribution in [0.4, 0.5) is 5.69 Å². The summed E-state index contributed by atoms with van der Waals surface area (Å²) in [5.41, 5.74) is 6.08. The Hall–Kier alpha value is -0.500. The van der Waals surface area contributed by atoms with Crippen LogP contribution in [0.25, 0.3) is 0 Å². The zero-order valence-electron chi connectivity index (χ0n) is 7.17. The molecule has 0 amide bonds. The first-order valence-corrected chi connectivity index (χ1v) is 5.41. The fourth-order valence-electron chi connectivity index (χ4n) is 0.906. The number of methoxy groups -OCH3 is 1. The van der Waals surface area contributed by atoms with Crippen LogP contribution < -0.4 is 5.73 Å². The molecule has 0 saturated carbocycles. The number of nitrogens with two attached hydrogens (primary N) is 1. The Kier molecular flexibility index (Phi) is 3.59. The SMILES string of the molecule is COC(=O)c1cc(O)c(I)c(Br)c1N. The van der Waals surface area contributed by atoms with E-state index in [-0.39, 0.29) is 17.0 Å². The number of benzene rings is 1. The second kappa shape index (κ2) is 4.35. The number of esters is 1. The minimum atomic E-state index is -0.574. The van der Waals surface area contributed by atoms with Crippen molar-refractivity contribution in [2.75, 3.05) is 12.8 Å². The molecule has 6 heteroatoms. The predicted molar refractivity (Wildman–Crippen MR) is 64.3 cm³/mol. The van der Waals surface area contributed by atoms with E-state index in [1.807, 2.05) is 22.6 Å². The van der Waals surface area contributed by atoms with Crippen molar-refractivity contribution in [1.29, 1.82) is 0 Å². The van der Waals surface area contributed by atoms with Crippen molar-refractivity contribution in [2.24, 2.45) is 0 Å². The van der Waals surface area contributed by atoms with E-state index in [4.69, 9.17) is 5.73 Å². The zero-order chi connectivity index (χ0) is 10.9. The fraction of sp³-hybridized carbons (Fsp3) is 0.125. The average Bonchev–Trinajstić information content (AvgIpc) is 2.19. The van der Waals surface area contributed by atoms with Crippen molar-refractivity contribution in [1.82, 2.24) is 0 Å². The number of carbonyl (C=O) groups is 1. The highest BCUT2D eigenvalue weighted by Crippen LogP contribution is 2.35. The second-order valence-electron chi connectivity index (χ2n) is 2.48. The molecule has 3 N–H and O–H groups in total. The number of hydrogen-bond acceptors (Lipinski definition) is 4. The molecular weight excluding hydrogens is 365 g/mol. The van der Waals surface area contributed by atoms with Gasteiger partial charge in [0, 0.05) is 0 Å². The Morgan fingerprint density at radius 2 is 2.29 bits per heavy atom. The average molecular weight is 372 g/mol. The third kappa shape index (κ3) is 1.95. The van der Waals surface area contributed by atoms with E-state index in [9.17, 15) is 9.90 Å². The lowest BCUT2D eigenvalue weighted by Crippen LogP contribution is -2.06. The summed E-state index contributed by atoms with van der Waals surface area (Å²) in [4.78, 5) is 11.2. The molecule has 0 unspecified atom stereocenters. The summed E-state index contributed by atoms with van der Waals surface area (Å²) in [7, 11) is 1.25. The molecule has 0 aliphatic carbocycles. The molecule has 0 radical (unpaired) electrons. The number of carbonyl (C=O) groups excluding carboxylic acids is 1. The van der Waals surface area contributed by atoms with Gasteiger partial charge in [-0.2, -0.15) is 0 Å². The molecule has 4 nitrogen and oxygen atoms in total. The van der Waals surface area contributed by atoms with Crippen molar-refractivity contribution in [3.63, 3.8) is 0 Å². The molecule has 0 heterocycles. The number of ether oxygens (including phenoxy) is 1. The van der Waals surface area contributed by atoms with Crippen LogP contribution in [-0.2, 0) is 4.74 Å². The molecule has 0 atom stereocenters. The summed E-state index contributed by atoms with van der Waals surface area (Å²) in [6.45, 7) is 0. The summed E-state index contributed by atoms with van der Waals surface area (Å²) in [6, 6.07) is 1.29. The third-order valence-electron chi connectivity index (χ3n) is 1.63. The quantitative estimate of drug-likeness (QED) is 0.343. The Labute approximate surface area is 103 Å². The number of anilines is 1. The number of phenolic OH excluding ortho intramolecular Hbond substituents is 1. The molecule has 14 heavy (non-hydrogen) atoms. The van der Waals surface area contributed by atoms with Crippen LogP contribution in [0.1, 0.15) is 10.4 Å². The van der Waals surface area contributed by atoms with Crippen LogP contribution in [0.5, 0.6) is 5.75 Å². The normalized spacial score (nSPS) is 9.93. The van der Waals surface area contributed by atoms with Gasteiger partial charge in [-0.15, -0.1) is 0 Å². The van der Waals surface area contributed by atoms with Gasteiger partial charge in [0.2, 0.25) is 0 Å². The van der Waals surface area contributed by atoms with Gasteiger partial charge in [-0.05, 0) is 44.6 Å². The Balaban J connectivity index is 3.40. The third-order valence-corrected chi connectivity index (χ3v) is 4.29. The van der Waals surface area contributed by atoms with Gasteiger partial charge in [-0.1, -0.05) is 0 Å². The molecule has 1 aromatic rings. The van der Waals surface area contributed by atoms with E-state index >= 15 is 0 Å². The Morgan fingerprint density at radius 1 is 1.71 bits per heavy atom. The van der Waals surface area contributed by atoms with E-state index in [0.29, 0.717) is 8.04 Å². The van der Waals surface area contributed by atoms with Crippen LogP contribution in [0.15, 0.2) is 10.5 Å².